The number of carbonyl (C=O) groups is 2. The van der Waals surface area contributed by atoms with Gasteiger partial charge in [-0.1, -0.05) is 43.6 Å². The number of amides is 2. The van der Waals surface area contributed by atoms with Crippen LogP contribution in [0.2, 0.25) is 5.02 Å². The Morgan fingerprint density at radius 3 is 2.55 bits per heavy atom. The molecule has 0 atom stereocenters. The average Bonchev–Trinajstić information content (AvgIpc) is 3.29. The third kappa shape index (κ3) is 8.62. The topological polar surface area (TPSA) is 85.8 Å². The second-order valence-electron chi connectivity index (χ2n) is 8.92. The van der Waals surface area contributed by atoms with Crippen molar-refractivity contribution in [1.82, 2.24) is 15.6 Å². The second-order valence-corrected chi connectivity index (χ2v) is 10.2. The van der Waals surface area contributed by atoms with Gasteiger partial charge in [0.05, 0.1) is 22.5 Å². The monoisotopic (exact) mass is 593 g/mol. The van der Waals surface area contributed by atoms with Gasteiger partial charge in [0, 0.05) is 25.2 Å². The number of halogens is 4. The average molecular weight is 594 g/mol. The number of hydrogen-bond acceptors (Lipinski definition) is 6. The first-order chi connectivity index (χ1) is 19.0. The summed E-state index contributed by atoms with van der Waals surface area (Å²) < 4.78 is 39.2. The minimum Gasteiger partial charge on any atom is -0.320 e. The van der Waals surface area contributed by atoms with E-state index in [4.69, 9.17) is 11.6 Å². The maximum Gasteiger partial charge on any atom is 0.417 e. The van der Waals surface area contributed by atoms with E-state index in [0.29, 0.717) is 23.4 Å². The lowest BCUT2D eigenvalue weighted by Gasteiger charge is -2.18. The maximum atomic E-state index is 13.1. The zero-order chi connectivity index (χ0) is 29.3. The first-order valence-electron chi connectivity index (χ1n) is 12.6. The Morgan fingerprint density at radius 2 is 1.85 bits per heavy atom. The molecule has 0 fully saturated rings. The third-order valence-corrected chi connectivity index (χ3v) is 7.54. The summed E-state index contributed by atoms with van der Waals surface area (Å²) in [4.78, 5) is 28.3. The molecule has 0 aliphatic carbocycles. The van der Waals surface area contributed by atoms with Gasteiger partial charge in [-0.3, -0.25) is 9.59 Å². The van der Waals surface area contributed by atoms with Crippen LogP contribution in [-0.2, 0) is 12.7 Å². The van der Waals surface area contributed by atoms with Gasteiger partial charge in [0.1, 0.15) is 4.88 Å². The number of nitrogens with one attached hydrogen (secondary N) is 3. The SMILES string of the molecule is CCN(CC)CCNCc1cccc(C(=O)Nc2c(C)csc2C(=O)N/N=C/c2ccc(Cl)c(C(F)(F)F)c2)c1. The van der Waals surface area contributed by atoms with Crippen molar-refractivity contribution in [2.24, 2.45) is 5.10 Å². The molecule has 0 aliphatic heterocycles. The van der Waals surface area contributed by atoms with Gasteiger partial charge in [-0.05, 0) is 66.3 Å². The zero-order valence-corrected chi connectivity index (χ0v) is 23.9. The number of hydrogen-bond donors (Lipinski definition) is 3. The highest BCUT2D eigenvalue weighted by molar-refractivity contribution is 7.13. The van der Waals surface area contributed by atoms with Crippen LogP contribution in [0.15, 0.2) is 52.9 Å². The Hall–Kier alpha value is -3.25. The van der Waals surface area contributed by atoms with Gasteiger partial charge in [0.15, 0.2) is 0 Å². The molecule has 0 saturated carbocycles. The van der Waals surface area contributed by atoms with E-state index in [1.165, 1.54) is 6.07 Å². The van der Waals surface area contributed by atoms with E-state index in [0.717, 1.165) is 61.4 Å². The highest BCUT2D eigenvalue weighted by Gasteiger charge is 2.33. The number of nitrogens with zero attached hydrogens (tertiary/aromatic N) is 2. The summed E-state index contributed by atoms with van der Waals surface area (Å²) >= 11 is 6.75. The summed E-state index contributed by atoms with van der Waals surface area (Å²) in [6, 6.07) is 10.5. The van der Waals surface area contributed by atoms with Crippen LogP contribution in [-0.4, -0.2) is 49.1 Å². The molecule has 7 nitrogen and oxygen atoms in total. The molecule has 12 heteroatoms. The third-order valence-electron chi connectivity index (χ3n) is 6.11. The van der Waals surface area contributed by atoms with Crippen LogP contribution >= 0.6 is 22.9 Å². The lowest BCUT2D eigenvalue weighted by atomic mass is 10.1. The van der Waals surface area contributed by atoms with Crippen LogP contribution in [0.3, 0.4) is 0 Å². The van der Waals surface area contributed by atoms with Crippen molar-refractivity contribution in [3.05, 3.63) is 85.6 Å². The highest BCUT2D eigenvalue weighted by Crippen LogP contribution is 2.35. The second kappa shape index (κ2) is 14.4. The molecule has 0 bridgehead atoms. The molecule has 3 N–H and O–H groups in total. The van der Waals surface area contributed by atoms with E-state index in [1.54, 1.807) is 30.5 Å². The fourth-order valence-electron chi connectivity index (χ4n) is 3.84. The minimum absolute atomic E-state index is 0.107. The van der Waals surface area contributed by atoms with Gasteiger partial charge < -0.3 is 15.5 Å². The number of benzene rings is 2. The Bertz CT molecular complexity index is 1360. The Balaban J connectivity index is 1.63. The molecular weight excluding hydrogens is 563 g/mol. The number of carbonyl (C=O) groups excluding carboxylic acids is 2. The molecule has 0 spiro atoms. The number of likely N-dealkylation sites (N-methyl/N-ethyl adjacent to an activating group) is 1. The molecule has 3 rings (SSSR count). The van der Waals surface area contributed by atoms with Gasteiger partial charge in [0.2, 0.25) is 0 Å². The number of thiophene rings is 1. The van der Waals surface area contributed by atoms with E-state index in [9.17, 15) is 22.8 Å². The van der Waals surface area contributed by atoms with E-state index < -0.39 is 22.7 Å². The van der Waals surface area contributed by atoms with Crippen LogP contribution < -0.4 is 16.1 Å². The zero-order valence-electron chi connectivity index (χ0n) is 22.4. The van der Waals surface area contributed by atoms with Crippen molar-refractivity contribution in [2.75, 3.05) is 31.5 Å². The summed E-state index contributed by atoms with van der Waals surface area (Å²) in [5.74, 6) is -0.981. The lowest BCUT2D eigenvalue weighted by molar-refractivity contribution is -0.137. The number of aryl methyl sites for hydroxylation is 1. The lowest BCUT2D eigenvalue weighted by Crippen LogP contribution is -2.31. The minimum atomic E-state index is -4.62. The van der Waals surface area contributed by atoms with Crippen LogP contribution in [0.4, 0.5) is 18.9 Å². The Labute approximate surface area is 240 Å². The summed E-state index contributed by atoms with van der Waals surface area (Å²) in [6.07, 6.45) is -3.53. The van der Waals surface area contributed by atoms with Crippen LogP contribution in [0, 0.1) is 6.92 Å². The quantitative estimate of drug-likeness (QED) is 0.133. The van der Waals surface area contributed by atoms with Gasteiger partial charge in [-0.25, -0.2) is 5.43 Å². The van der Waals surface area contributed by atoms with Crippen LogP contribution in [0.1, 0.15) is 56.1 Å². The predicted octanol–water partition coefficient (Wildman–Crippen LogP) is 6.18. The molecular formula is C28H31ClF3N5O2S. The number of anilines is 1. The molecule has 40 heavy (non-hydrogen) atoms. The molecule has 214 valence electrons. The Kier molecular flexibility index (Phi) is 11.3. The van der Waals surface area contributed by atoms with Gasteiger partial charge in [0.25, 0.3) is 11.8 Å². The summed E-state index contributed by atoms with van der Waals surface area (Å²) in [5, 5.41) is 11.3. The van der Waals surface area contributed by atoms with Crippen molar-refractivity contribution >= 4 is 46.7 Å². The smallest absolute Gasteiger partial charge is 0.320 e. The van der Waals surface area contributed by atoms with Crippen molar-refractivity contribution < 1.29 is 22.8 Å². The van der Waals surface area contributed by atoms with E-state index in [1.807, 2.05) is 6.07 Å². The fourth-order valence-corrected chi connectivity index (χ4v) is 4.96. The van der Waals surface area contributed by atoms with Gasteiger partial charge in [-0.15, -0.1) is 11.3 Å². The standard InChI is InChI=1S/C28H31ClF3N5O2S/c1-4-37(5-2)12-11-33-15-19-7-6-8-21(13-19)26(38)35-24-18(3)17-40-25(24)27(39)36-34-16-20-9-10-23(29)22(14-20)28(30,31)32/h6-10,13-14,16-17,33H,4-5,11-12,15H2,1-3H3,(H,35,38)(H,36,39)/b34-16+. The molecule has 1 aromatic heterocycles. The maximum absolute atomic E-state index is 13.1. The van der Waals surface area contributed by atoms with Gasteiger partial charge in [-0.2, -0.15) is 18.3 Å². The highest BCUT2D eigenvalue weighted by atomic mass is 35.5. The van der Waals surface area contributed by atoms with Crippen molar-refractivity contribution in [2.45, 2.75) is 33.5 Å². The number of hydrazone groups is 1. The normalized spacial score (nSPS) is 11.8. The molecule has 2 amide bonds. The van der Waals surface area contributed by atoms with E-state index >= 15 is 0 Å². The summed E-state index contributed by atoms with van der Waals surface area (Å²) in [5.41, 5.74) is 3.85. The van der Waals surface area contributed by atoms with E-state index in [2.05, 4.69) is 39.9 Å². The largest absolute Gasteiger partial charge is 0.417 e. The predicted molar refractivity (Wildman–Crippen MR) is 154 cm³/mol. The first-order valence-corrected chi connectivity index (χ1v) is 13.9. The molecule has 3 aromatic rings. The Morgan fingerprint density at radius 1 is 1.10 bits per heavy atom. The van der Waals surface area contributed by atoms with Crippen molar-refractivity contribution in [3.8, 4) is 0 Å². The van der Waals surface area contributed by atoms with Gasteiger partial charge >= 0.3 is 6.18 Å². The summed E-state index contributed by atoms with van der Waals surface area (Å²) in [6.45, 7) is 10.4. The number of alkyl halides is 3. The molecule has 2 aromatic carbocycles. The van der Waals surface area contributed by atoms with Crippen LogP contribution in [0.5, 0.6) is 0 Å². The van der Waals surface area contributed by atoms with Crippen molar-refractivity contribution in [3.63, 3.8) is 0 Å². The fraction of sp³-hybridized carbons (Fsp3) is 0.321. The first kappa shape index (κ1) is 31.3. The van der Waals surface area contributed by atoms with Crippen LogP contribution in [0.25, 0.3) is 0 Å². The van der Waals surface area contributed by atoms with Crippen molar-refractivity contribution in [1.29, 1.82) is 0 Å². The molecule has 0 radical (unpaired) electrons. The molecule has 1 heterocycles. The molecule has 0 saturated heterocycles. The molecule has 0 unspecified atom stereocenters. The van der Waals surface area contributed by atoms with E-state index in [-0.39, 0.29) is 16.3 Å². The summed E-state index contributed by atoms with van der Waals surface area (Å²) in [7, 11) is 0. The molecule has 0 aliphatic rings. The number of rotatable bonds is 12.